The molecule has 1 heterocycles. The van der Waals surface area contributed by atoms with Gasteiger partial charge in [0.15, 0.2) is 0 Å². The highest BCUT2D eigenvalue weighted by atomic mass is 32.2. The maximum Gasteiger partial charge on any atom is 0.309 e. The van der Waals surface area contributed by atoms with E-state index in [1.165, 1.54) is 12.2 Å². The van der Waals surface area contributed by atoms with Crippen molar-refractivity contribution in [1.82, 2.24) is 0 Å². The summed E-state index contributed by atoms with van der Waals surface area (Å²) in [5, 5.41) is 0. The van der Waals surface area contributed by atoms with Crippen LogP contribution in [0, 0.1) is 11.8 Å². The minimum atomic E-state index is 0.0556. The molecule has 3 atom stereocenters. The quantitative estimate of drug-likeness (QED) is 0.638. The average Bonchev–Trinajstić information content (AvgIpc) is 2.84. The highest BCUT2D eigenvalue weighted by Crippen LogP contribution is 2.39. The monoisotopic (exact) mass is 200 g/mol. The Morgan fingerprint density at radius 2 is 2.31 bits per heavy atom. The second kappa shape index (κ2) is 3.91. The van der Waals surface area contributed by atoms with Crippen molar-refractivity contribution in [2.75, 3.05) is 11.5 Å². The highest BCUT2D eigenvalue weighted by Gasteiger charge is 2.41. The first-order chi connectivity index (χ1) is 6.27. The zero-order chi connectivity index (χ0) is 9.26. The van der Waals surface area contributed by atoms with Crippen LogP contribution in [0.1, 0.15) is 26.2 Å². The van der Waals surface area contributed by atoms with Gasteiger partial charge in [0.05, 0.1) is 5.92 Å². The molecule has 2 rings (SSSR count). The fourth-order valence-corrected chi connectivity index (χ4v) is 2.74. The van der Waals surface area contributed by atoms with Crippen molar-refractivity contribution in [3.63, 3.8) is 0 Å². The Balaban J connectivity index is 1.73. The van der Waals surface area contributed by atoms with Crippen molar-refractivity contribution in [2.45, 2.75) is 32.3 Å². The van der Waals surface area contributed by atoms with Gasteiger partial charge in [-0.2, -0.15) is 11.8 Å². The van der Waals surface area contributed by atoms with Crippen molar-refractivity contribution in [1.29, 1.82) is 0 Å². The fraction of sp³-hybridized carbons (Fsp3) is 0.900. The average molecular weight is 200 g/mol. The third-order valence-electron chi connectivity index (χ3n) is 2.81. The van der Waals surface area contributed by atoms with Crippen LogP contribution in [0.25, 0.3) is 0 Å². The molecule has 2 fully saturated rings. The normalized spacial score (nSPS) is 38.4. The highest BCUT2D eigenvalue weighted by molar-refractivity contribution is 7.99. The van der Waals surface area contributed by atoms with Gasteiger partial charge < -0.3 is 4.74 Å². The van der Waals surface area contributed by atoms with Crippen LogP contribution >= 0.6 is 11.8 Å². The molecule has 2 aliphatic rings. The van der Waals surface area contributed by atoms with Gasteiger partial charge in [-0.15, -0.1) is 0 Å². The molecule has 0 radical (unpaired) electrons. The van der Waals surface area contributed by atoms with Gasteiger partial charge in [-0.3, -0.25) is 4.79 Å². The third kappa shape index (κ3) is 2.39. The van der Waals surface area contributed by atoms with Crippen LogP contribution in [0.3, 0.4) is 0 Å². The maximum absolute atomic E-state index is 11.5. The van der Waals surface area contributed by atoms with Crippen LogP contribution in [0.4, 0.5) is 0 Å². The summed E-state index contributed by atoms with van der Waals surface area (Å²) in [7, 11) is 0. The van der Waals surface area contributed by atoms with E-state index in [1.54, 1.807) is 0 Å². The Morgan fingerprint density at radius 1 is 1.54 bits per heavy atom. The molecule has 74 valence electrons. The van der Waals surface area contributed by atoms with Gasteiger partial charge >= 0.3 is 5.97 Å². The molecule has 2 nitrogen and oxygen atoms in total. The van der Waals surface area contributed by atoms with E-state index in [4.69, 9.17) is 4.74 Å². The second-order valence-electron chi connectivity index (χ2n) is 4.10. The Labute approximate surface area is 83.4 Å². The summed E-state index contributed by atoms with van der Waals surface area (Å²) in [5.74, 6) is 3.09. The lowest BCUT2D eigenvalue weighted by atomic mass is 10.2. The van der Waals surface area contributed by atoms with Crippen LogP contribution in [0.5, 0.6) is 0 Å². The standard InChI is InChI=1S/C10H16O2S/c1-7-5-9(7)10(11)12-8-3-2-4-13-6-8/h7-9H,2-6H2,1H3/t7-,8?,9-/m1/s1. The van der Waals surface area contributed by atoms with E-state index in [1.807, 2.05) is 11.8 Å². The Bertz CT molecular complexity index is 199. The smallest absolute Gasteiger partial charge is 0.309 e. The number of carbonyl (C=O) groups is 1. The summed E-state index contributed by atoms with van der Waals surface area (Å²) in [6.07, 6.45) is 3.51. The second-order valence-corrected chi connectivity index (χ2v) is 5.25. The molecule has 0 amide bonds. The summed E-state index contributed by atoms with van der Waals surface area (Å²) in [6, 6.07) is 0. The lowest BCUT2D eigenvalue weighted by Gasteiger charge is -2.21. The first-order valence-electron chi connectivity index (χ1n) is 5.05. The van der Waals surface area contributed by atoms with Crippen LogP contribution < -0.4 is 0 Å². The van der Waals surface area contributed by atoms with Gasteiger partial charge in [0.1, 0.15) is 6.10 Å². The molecule has 1 saturated carbocycles. The van der Waals surface area contributed by atoms with E-state index in [-0.39, 0.29) is 18.0 Å². The summed E-state index contributed by atoms with van der Waals surface area (Å²) < 4.78 is 5.43. The molecule has 0 aromatic rings. The molecular formula is C10H16O2S. The predicted octanol–water partition coefficient (Wildman–Crippen LogP) is 2.08. The van der Waals surface area contributed by atoms with Crippen LogP contribution in [0.15, 0.2) is 0 Å². The molecule has 0 N–H and O–H groups in total. The maximum atomic E-state index is 11.5. The van der Waals surface area contributed by atoms with E-state index >= 15 is 0 Å². The molecule has 1 aliphatic heterocycles. The van der Waals surface area contributed by atoms with Gasteiger partial charge in [0, 0.05) is 5.75 Å². The first-order valence-corrected chi connectivity index (χ1v) is 6.21. The topological polar surface area (TPSA) is 26.3 Å². The van der Waals surface area contributed by atoms with Gasteiger partial charge in [-0.05, 0) is 30.9 Å². The molecule has 1 saturated heterocycles. The van der Waals surface area contributed by atoms with Crippen molar-refractivity contribution < 1.29 is 9.53 Å². The summed E-state index contributed by atoms with van der Waals surface area (Å²) >= 11 is 1.90. The molecule has 13 heavy (non-hydrogen) atoms. The SMILES string of the molecule is C[C@@H]1C[C@H]1C(=O)OC1CCCSC1. The Kier molecular flexibility index (Phi) is 2.82. The van der Waals surface area contributed by atoms with Crippen molar-refractivity contribution in [3.8, 4) is 0 Å². The molecule has 0 aromatic carbocycles. The molecule has 0 spiro atoms. The number of esters is 1. The Morgan fingerprint density at radius 3 is 2.85 bits per heavy atom. The van der Waals surface area contributed by atoms with Gasteiger partial charge in [-0.25, -0.2) is 0 Å². The minimum Gasteiger partial charge on any atom is -0.461 e. The summed E-state index contributed by atoms with van der Waals surface area (Å²) in [4.78, 5) is 11.5. The number of carbonyl (C=O) groups excluding carboxylic acids is 1. The van der Waals surface area contributed by atoms with E-state index in [0.717, 1.165) is 18.6 Å². The third-order valence-corrected chi connectivity index (χ3v) is 4.00. The lowest BCUT2D eigenvalue weighted by molar-refractivity contribution is -0.150. The molecular weight excluding hydrogens is 184 g/mol. The van der Waals surface area contributed by atoms with E-state index < -0.39 is 0 Å². The van der Waals surface area contributed by atoms with Crippen LogP contribution in [-0.2, 0) is 9.53 Å². The molecule has 1 aliphatic carbocycles. The largest absolute Gasteiger partial charge is 0.461 e. The van der Waals surface area contributed by atoms with E-state index in [0.29, 0.717) is 5.92 Å². The summed E-state index contributed by atoms with van der Waals surface area (Å²) in [6.45, 7) is 2.11. The van der Waals surface area contributed by atoms with E-state index in [2.05, 4.69) is 6.92 Å². The van der Waals surface area contributed by atoms with Gasteiger partial charge in [0.2, 0.25) is 0 Å². The van der Waals surface area contributed by atoms with Crippen molar-refractivity contribution >= 4 is 17.7 Å². The summed E-state index contributed by atoms with van der Waals surface area (Å²) in [5.41, 5.74) is 0. The number of hydrogen-bond acceptors (Lipinski definition) is 3. The molecule has 0 aromatic heterocycles. The van der Waals surface area contributed by atoms with Crippen molar-refractivity contribution in [3.05, 3.63) is 0 Å². The van der Waals surface area contributed by atoms with Gasteiger partial charge in [0.25, 0.3) is 0 Å². The molecule has 1 unspecified atom stereocenters. The molecule has 3 heteroatoms. The zero-order valence-electron chi connectivity index (χ0n) is 7.99. The predicted molar refractivity (Wildman–Crippen MR) is 53.7 cm³/mol. The number of ether oxygens (including phenoxy) is 1. The number of hydrogen-bond donors (Lipinski definition) is 0. The van der Waals surface area contributed by atoms with E-state index in [9.17, 15) is 4.79 Å². The molecule has 0 bridgehead atoms. The number of rotatable bonds is 2. The van der Waals surface area contributed by atoms with Crippen LogP contribution in [0.2, 0.25) is 0 Å². The first kappa shape index (κ1) is 9.38. The van der Waals surface area contributed by atoms with Gasteiger partial charge in [-0.1, -0.05) is 6.92 Å². The fourth-order valence-electron chi connectivity index (χ4n) is 1.71. The van der Waals surface area contributed by atoms with Crippen molar-refractivity contribution in [2.24, 2.45) is 11.8 Å². The minimum absolute atomic E-state index is 0.0556. The number of thioether (sulfide) groups is 1. The lowest BCUT2D eigenvalue weighted by Crippen LogP contribution is -2.24. The van der Waals surface area contributed by atoms with Crippen LogP contribution in [-0.4, -0.2) is 23.6 Å². The zero-order valence-corrected chi connectivity index (χ0v) is 8.81. The Hall–Kier alpha value is -0.180.